The summed E-state index contributed by atoms with van der Waals surface area (Å²) in [5.41, 5.74) is -0.0895. The van der Waals surface area contributed by atoms with Crippen molar-refractivity contribution < 1.29 is 9.53 Å². The minimum Gasteiger partial charge on any atom is -0.376 e. The van der Waals surface area contributed by atoms with Gasteiger partial charge in [0.25, 0.3) is 0 Å². The van der Waals surface area contributed by atoms with Crippen LogP contribution in [0.3, 0.4) is 0 Å². The van der Waals surface area contributed by atoms with E-state index in [9.17, 15) is 4.79 Å². The molecule has 0 aromatic carbocycles. The second kappa shape index (κ2) is 3.56. The Morgan fingerprint density at radius 1 is 1.58 bits per heavy atom. The lowest BCUT2D eigenvalue weighted by atomic mass is 9.85. The molecule has 2 nitrogen and oxygen atoms in total. The number of carbonyl (C=O) groups is 1. The molecule has 0 spiro atoms. The van der Waals surface area contributed by atoms with Crippen LogP contribution >= 0.6 is 0 Å². The van der Waals surface area contributed by atoms with Crippen molar-refractivity contribution in [2.75, 3.05) is 6.61 Å². The predicted octanol–water partition coefficient (Wildman–Crippen LogP) is 2.17. The average Bonchev–Trinajstić information content (AvgIpc) is 2.01. The zero-order valence-electron chi connectivity index (χ0n) is 8.22. The van der Waals surface area contributed by atoms with Crippen molar-refractivity contribution in [3.63, 3.8) is 0 Å². The normalized spacial score (nSPS) is 28.4. The molecule has 70 valence electrons. The van der Waals surface area contributed by atoms with Crippen LogP contribution in [-0.2, 0) is 9.53 Å². The highest BCUT2D eigenvalue weighted by Crippen LogP contribution is 2.29. The van der Waals surface area contributed by atoms with Crippen molar-refractivity contribution >= 4 is 5.78 Å². The molecule has 0 aromatic rings. The maximum atomic E-state index is 11.4. The van der Waals surface area contributed by atoms with Gasteiger partial charge in [0, 0.05) is 18.9 Å². The molecule has 0 aliphatic carbocycles. The second-order valence-corrected chi connectivity index (χ2v) is 4.12. The van der Waals surface area contributed by atoms with Crippen LogP contribution in [0, 0.1) is 5.92 Å². The molecule has 1 aliphatic rings. The predicted molar refractivity (Wildman–Crippen MR) is 48.1 cm³/mol. The number of ketones is 1. The van der Waals surface area contributed by atoms with E-state index in [2.05, 4.69) is 13.8 Å². The van der Waals surface area contributed by atoms with Crippen LogP contribution in [0.5, 0.6) is 0 Å². The molecule has 0 N–H and O–H groups in total. The van der Waals surface area contributed by atoms with Crippen LogP contribution < -0.4 is 0 Å². The van der Waals surface area contributed by atoms with E-state index < -0.39 is 0 Å². The summed E-state index contributed by atoms with van der Waals surface area (Å²) in [5, 5.41) is 0. The van der Waals surface area contributed by atoms with Gasteiger partial charge in [-0.25, -0.2) is 0 Å². The molecule has 1 heterocycles. The minimum absolute atomic E-state index is 0.0895. The summed E-state index contributed by atoms with van der Waals surface area (Å²) >= 11 is 0. The van der Waals surface area contributed by atoms with E-state index in [0.717, 1.165) is 19.4 Å². The molecule has 1 aliphatic heterocycles. The Kier molecular flexibility index (Phi) is 2.89. The summed E-state index contributed by atoms with van der Waals surface area (Å²) in [6, 6.07) is 0. The Hall–Kier alpha value is -0.370. The maximum absolute atomic E-state index is 11.4. The molecular formula is C10H18O2. The smallest absolute Gasteiger partial charge is 0.135 e. The molecule has 12 heavy (non-hydrogen) atoms. The Balaban J connectivity index is 2.52. The van der Waals surface area contributed by atoms with E-state index in [4.69, 9.17) is 4.74 Å². The van der Waals surface area contributed by atoms with Gasteiger partial charge >= 0.3 is 0 Å². The molecule has 1 fully saturated rings. The molecule has 1 saturated heterocycles. The summed E-state index contributed by atoms with van der Waals surface area (Å²) in [6.07, 6.45) is 2.47. The summed E-state index contributed by atoms with van der Waals surface area (Å²) in [4.78, 5) is 11.4. The summed E-state index contributed by atoms with van der Waals surface area (Å²) in [5.74, 6) is 0.644. The van der Waals surface area contributed by atoms with Crippen molar-refractivity contribution in [3.05, 3.63) is 0 Å². The fourth-order valence-corrected chi connectivity index (χ4v) is 1.80. The highest BCUT2D eigenvalue weighted by atomic mass is 16.5. The third-order valence-corrected chi connectivity index (χ3v) is 2.50. The Morgan fingerprint density at radius 3 is 2.75 bits per heavy atom. The molecule has 0 radical (unpaired) electrons. The monoisotopic (exact) mass is 170 g/mol. The fraction of sp³-hybridized carbons (Fsp3) is 0.900. The minimum atomic E-state index is -0.0895. The Morgan fingerprint density at radius 2 is 2.25 bits per heavy atom. The van der Waals surface area contributed by atoms with Crippen LogP contribution in [0.4, 0.5) is 0 Å². The molecule has 0 saturated carbocycles. The quantitative estimate of drug-likeness (QED) is 0.635. The van der Waals surface area contributed by atoms with E-state index in [1.807, 2.05) is 6.92 Å². The zero-order chi connectivity index (χ0) is 9.19. The number of Topliss-reactive ketones (excluding diaryl/α,β-unsaturated/α-hetero) is 1. The van der Waals surface area contributed by atoms with Crippen LogP contribution in [0.15, 0.2) is 0 Å². The lowest BCUT2D eigenvalue weighted by molar-refractivity contribution is -0.132. The highest BCUT2D eigenvalue weighted by molar-refractivity contribution is 5.80. The first-order chi connectivity index (χ1) is 5.55. The van der Waals surface area contributed by atoms with Gasteiger partial charge in [-0.2, -0.15) is 0 Å². The van der Waals surface area contributed by atoms with Crippen molar-refractivity contribution in [1.29, 1.82) is 0 Å². The van der Waals surface area contributed by atoms with Gasteiger partial charge in [0.15, 0.2) is 0 Å². The maximum Gasteiger partial charge on any atom is 0.135 e. The molecule has 0 bridgehead atoms. The van der Waals surface area contributed by atoms with E-state index in [1.165, 1.54) is 0 Å². The van der Waals surface area contributed by atoms with E-state index in [0.29, 0.717) is 12.2 Å². The Bertz CT molecular complexity index is 173. The standard InChI is InChI=1S/C10H18O2/c1-4-9(11)8-5-6-12-10(2,3)7-8/h8H,4-7H2,1-3H3/t8-/m0/s1. The van der Waals surface area contributed by atoms with Crippen LogP contribution in [-0.4, -0.2) is 18.0 Å². The van der Waals surface area contributed by atoms with Gasteiger partial charge < -0.3 is 4.74 Å². The van der Waals surface area contributed by atoms with Crippen LogP contribution in [0.1, 0.15) is 40.0 Å². The van der Waals surface area contributed by atoms with E-state index in [1.54, 1.807) is 0 Å². The van der Waals surface area contributed by atoms with Gasteiger partial charge in [0.1, 0.15) is 5.78 Å². The van der Waals surface area contributed by atoms with Gasteiger partial charge in [-0.3, -0.25) is 4.79 Å². The number of hydrogen-bond donors (Lipinski definition) is 0. The summed E-state index contributed by atoms with van der Waals surface area (Å²) in [7, 11) is 0. The van der Waals surface area contributed by atoms with Crippen LogP contribution in [0.2, 0.25) is 0 Å². The largest absolute Gasteiger partial charge is 0.376 e. The number of rotatable bonds is 2. The topological polar surface area (TPSA) is 26.3 Å². The number of ether oxygens (including phenoxy) is 1. The van der Waals surface area contributed by atoms with Gasteiger partial charge in [0.05, 0.1) is 5.60 Å². The summed E-state index contributed by atoms with van der Waals surface area (Å²) < 4.78 is 5.54. The molecule has 0 unspecified atom stereocenters. The molecular weight excluding hydrogens is 152 g/mol. The van der Waals surface area contributed by atoms with Crippen molar-refractivity contribution in [1.82, 2.24) is 0 Å². The van der Waals surface area contributed by atoms with Gasteiger partial charge in [-0.1, -0.05) is 6.92 Å². The van der Waals surface area contributed by atoms with Gasteiger partial charge in [-0.15, -0.1) is 0 Å². The lowest BCUT2D eigenvalue weighted by Gasteiger charge is -2.34. The average molecular weight is 170 g/mol. The first-order valence-corrected chi connectivity index (χ1v) is 4.72. The van der Waals surface area contributed by atoms with Gasteiger partial charge in [0.2, 0.25) is 0 Å². The molecule has 1 atom stereocenters. The van der Waals surface area contributed by atoms with E-state index >= 15 is 0 Å². The van der Waals surface area contributed by atoms with Crippen LogP contribution in [0.25, 0.3) is 0 Å². The molecule has 2 heteroatoms. The third kappa shape index (κ3) is 2.31. The number of carbonyl (C=O) groups excluding carboxylic acids is 1. The lowest BCUT2D eigenvalue weighted by Crippen LogP contribution is -2.36. The Labute approximate surface area is 74.3 Å². The van der Waals surface area contributed by atoms with Crippen molar-refractivity contribution in [2.45, 2.75) is 45.6 Å². The highest BCUT2D eigenvalue weighted by Gasteiger charge is 2.31. The molecule has 0 aromatic heterocycles. The summed E-state index contributed by atoms with van der Waals surface area (Å²) in [6.45, 7) is 6.79. The first-order valence-electron chi connectivity index (χ1n) is 4.72. The first kappa shape index (κ1) is 9.72. The molecule has 1 rings (SSSR count). The fourth-order valence-electron chi connectivity index (χ4n) is 1.80. The van der Waals surface area contributed by atoms with Gasteiger partial charge in [-0.05, 0) is 26.7 Å². The number of hydrogen-bond acceptors (Lipinski definition) is 2. The van der Waals surface area contributed by atoms with Crippen molar-refractivity contribution in [2.24, 2.45) is 5.92 Å². The second-order valence-electron chi connectivity index (χ2n) is 4.12. The zero-order valence-corrected chi connectivity index (χ0v) is 8.22. The third-order valence-electron chi connectivity index (χ3n) is 2.50. The SMILES string of the molecule is CCC(=O)[C@H]1CCOC(C)(C)C1. The molecule has 0 amide bonds. The van der Waals surface area contributed by atoms with E-state index in [-0.39, 0.29) is 11.5 Å². The van der Waals surface area contributed by atoms with Crippen molar-refractivity contribution in [3.8, 4) is 0 Å².